The predicted molar refractivity (Wildman–Crippen MR) is 194 cm³/mol. The van der Waals surface area contributed by atoms with Gasteiger partial charge in [-0.15, -0.1) is 0 Å². The molecule has 2 heterocycles. The van der Waals surface area contributed by atoms with E-state index >= 15 is 0 Å². The van der Waals surface area contributed by atoms with Gasteiger partial charge in [-0.25, -0.2) is 0 Å². The van der Waals surface area contributed by atoms with Crippen molar-refractivity contribution in [1.82, 2.24) is 20.8 Å². The summed E-state index contributed by atoms with van der Waals surface area (Å²) < 4.78 is 0. The Kier molecular flexibility index (Phi) is 7.32. The van der Waals surface area contributed by atoms with Gasteiger partial charge in [-0.3, -0.25) is 30.4 Å². The maximum absolute atomic E-state index is 14.4. The maximum Gasteiger partial charge on any atom is 0.271 e. The number of aromatic nitrogens is 2. The smallest absolute Gasteiger partial charge is 0.271 e. The van der Waals surface area contributed by atoms with E-state index in [1.54, 1.807) is 18.3 Å². The Bertz CT molecular complexity index is 1870. The average Bonchev–Trinajstić information content (AvgIpc) is 3.08. The van der Waals surface area contributed by atoms with E-state index in [1.165, 1.54) is 41.3 Å². The average molecular weight is 659 g/mol. The topological polar surface area (TPSA) is 84.0 Å². The molecule has 5 aliphatic rings. The molecule has 2 amide bonds. The number of hydrazine groups is 1. The van der Waals surface area contributed by atoms with Crippen LogP contribution in [0.25, 0.3) is 10.9 Å². The van der Waals surface area contributed by atoms with Crippen molar-refractivity contribution in [2.24, 2.45) is 51.2 Å². The molecule has 2 N–H and O–H groups in total. The Morgan fingerprint density at radius 1 is 0.878 bits per heavy atom. The maximum atomic E-state index is 14.4. The molecule has 9 atom stereocenters. The summed E-state index contributed by atoms with van der Waals surface area (Å²) in [5.41, 5.74) is 11.2. The first-order chi connectivity index (χ1) is 23.3. The lowest BCUT2D eigenvalue weighted by atomic mass is 9.33. The van der Waals surface area contributed by atoms with Gasteiger partial charge >= 0.3 is 0 Å². The fourth-order valence-corrected chi connectivity index (χ4v) is 12.9. The summed E-state index contributed by atoms with van der Waals surface area (Å²) in [5.74, 6) is 1.83. The van der Waals surface area contributed by atoms with E-state index in [9.17, 15) is 9.59 Å². The number of para-hydroxylation sites is 1. The lowest BCUT2D eigenvalue weighted by Gasteiger charge is -2.71. The van der Waals surface area contributed by atoms with Gasteiger partial charge < -0.3 is 0 Å². The number of hydrogen-bond acceptors (Lipinski definition) is 4. The highest BCUT2D eigenvalue weighted by atomic mass is 16.2. The molecule has 8 rings (SSSR count). The minimum atomic E-state index is -0.526. The van der Waals surface area contributed by atoms with Crippen molar-refractivity contribution in [2.45, 2.75) is 105 Å². The van der Waals surface area contributed by atoms with Gasteiger partial charge in [0.05, 0.1) is 22.2 Å². The summed E-state index contributed by atoms with van der Waals surface area (Å²) in [6, 6.07) is 14.5. The highest BCUT2D eigenvalue weighted by Gasteiger charge is 2.69. The third-order valence-electron chi connectivity index (χ3n) is 15.8. The van der Waals surface area contributed by atoms with Crippen LogP contribution >= 0.6 is 0 Å². The first-order valence-electron chi connectivity index (χ1n) is 18.9. The fraction of sp³-hybridized carbons (Fsp3) is 0.581. The number of allylic oxidation sites excluding steroid dienone is 2. The molecular weight excluding hydrogens is 604 g/mol. The van der Waals surface area contributed by atoms with E-state index in [0.29, 0.717) is 29.2 Å². The van der Waals surface area contributed by atoms with Crippen LogP contribution in [0.2, 0.25) is 0 Å². The Morgan fingerprint density at radius 2 is 1.67 bits per heavy atom. The second kappa shape index (κ2) is 11.0. The molecule has 3 saturated carbocycles. The Labute approximate surface area is 292 Å². The lowest BCUT2D eigenvalue weighted by Crippen LogP contribution is -2.66. The molecule has 3 aromatic rings. The van der Waals surface area contributed by atoms with Gasteiger partial charge in [-0.1, -0.05) is 78.3 Å². The number of pyridine rings is 2. The predicted octanol–water partition coefficient (Wildman–Crippen LogP) is 8.76. The zero-order valence-corrected chi connectivity index (χ0v) is 30.5. The number of carbonyl (C=O) groups is 2. The number of carbonyl (C=O) groups excluding carboxylic acids is 2. The van der Waals surface area contributed by atoms with Gasteiger partial charge in [0.2, 0.25) is 5.91 Å². The number of fused-ring (bicyclic) bond motifs is 9. The SMILES string of the molecule is C[C@H]1[C@H](C)CC[C@]2(C(=O)NNC(=O)c3cccnc3)CC[C@]3(C)C(=CC[C@@H]4[C@@]5(C)Cc6cc7ccccc7nc6C(C)(C)[C@@H]5CC[C@]43C)[C@H]12. The third-order valence-corrected chi connectivity index (χ3v) is 15.8. The molecule has 49 heavy (non-hydrogen) atoms. The van der Waals surface area contributed by atoms with Crippen molar-refractivity contribution >= 4 is 22.7 Å². The summed E-state index contributed by atoms with van der Waals surface area (Å²) in [5, 5.41) is 1.24. The van der Waals surface area contributed by atoms with Crippen LogP contribution < -0.4 is 10.9 Å². The van der Waals surface area contributed by atoms with E-state index in [4.69, 9.17) is 4.98 Å². The molecule has 6 heteroatoms. The molecule has 0 aliphatic heterocycles. The molecule has 0 bridgehead atoms. The molecule has 0 spiro atoms. The Balaban J connectivity index is 1.16. The van der Waals surface area contributed by atoms with Gasteiger partial charge in [0.25, 0.3) is 5.91 Å². The minimum Gasteiger partial charge on any atom is -0.273 e. The summed E-state index contributed by atoms with van der Waals surface area (Å²) in [6.45, 7) is 17.5. The quantitative estimate of drug-likeness (QED) is 0.213. The van der Waals surface area contributed by atoms with Crippen molar-refractivity contribution in [2.75, 3.05) is 0 Å². The van der Waals surface area contributed by atoms with E-state index in [-0.39, 0.29) is 39.4 Å². The van der Waals surface area contributed by atoms with Crippen LogP contribution in [0.1, 0.15) is 115 Å². The molecular formula is C43H54N4O2. The highest BCUT2D eigenvalue weighted by Crippen LogP contribution is 2.75. The molecule has 5 aliphatic carbocycles. The van der Waals surface area contributed by atoms with E-state index in [1.807, 2.05) is 0 Å². The van der Waals surface area contributed by atoms with Crippen molar-refractivity contribution in [3.63, 3.8) is 0 Å². The van der Waals surface area contributed by atoms with E-state index in [2.05, 4.69) is 101 Å². The van der Waals surface area contributed by atoms with Crippen molar-refractivity contribution < 1.29 is 9.59 Å². The molecule has 2 aromatic heterocycles. The van der Waals surface area contributed by atoms with Crippen molar-refractivity contribution in [1.29, 1.82) is 0 Å². The van der Waals surface area contributed by atoms with Crippen LogP contribution in [0.4, 0.5) is 0 Å². The van der Waals surface area contributed by atoms with Crippen LogP contribution in [0, 0.1) is 51.2 Å². The number of nitrogens with zero attached hydrogens (tertiary/aromatic N) is 2. The molecule has 1 aromatic carbocycles. The first-order valence-corrected chi connectivity index (χ1v) is 18.9. The standard InChI is InChI=1S/C43H54N4O2/c1-26-16-19-43(38(49)47-46-37(48)29-12-10-22-44-25-29)21-20-41(6)31(35(43)27(26)2)14-15-34-40(5)24-30-23-28-11-8-9-13-32(28)45-36(30)39(3,4)33(40)17-18-42(34,41)7/h8-14,22-23,25-27,33-35H,15-21,24H2,1-7H3,(H,46,48)(H,47,49)/t26-,27+,33+,34-,35+,40+,41-,42-,43+/m1/s1. The Morgan fingerprint density at radius 3 is 2.45 bits per heavy atom. The summed E-state index contributed by atoms with van der Waals surface area (Å²) >= 11 is 0. The largest absolute Gasteiger partial charge is 0.273 e. The van der Waals surface area contributed by atoms with Crippen LogP contribution in [0.5, 0.6) is 0 Å². The molecule has 258 valence electrons. The van der Waals surface area contributed by atoms with Gasteiger partial charge in [0, 0.05) is 23.2 Å². The van der Waals surface area contributed by atoms with Crippen molar-refractivity contribution in [3.05, 3.63) is 83.3 Å². The van der Waals surface area contributed by atoms with Gasteiger partial charge in [0.1, 0.15) is 0 Å². The lowest BCUT2D eigenvalue weighted by molar-refractivity contribution is -0.170. The summed E-state index contributed by atoms with van der Waals surface area (Å²) in [4.78, 5) is 36.8. The molecule has 0 unspecified atom stereocenters. The molecule has 0 radical (unpaired) electrons. The van der Waals surface area contributed by atoms with Gasteiger partial charge in [-0.2, -0.15) is 0 Å². The van der Waals surface area contributed by atoms with Crippen molar-refractivity contribution in [3.8, 4) is 0 Å². The minimum absolute atomic E-state index is 0.00798. The van der Waals surface area contributed by atoms with Crippen LogP contribution in [0.15, 0.2) is 66.5 Å². The number of rotatable bonds is 2. The third kappa shape index (κ3) is 4.43. The van der Waals surface area contributed by atoms with E-state index in [0.717, 1.165) is 44.0 Å². The van der Waals surface area contributed by atoms with Crippen LogP contribution in [-0.4, -0.2) is 21.8 Å². The summed E-state index contributed by atoms with van der Waals surface area (Å²) in [7, 11) is 0. The summed E-state index contributed by atoms with van der Waals surface area (Å²) in [6.07, 6.45) is 14.1. The molecule has 0 saturated heterocycles. The molecule has 6 nitrogen and oxygen atoms in total. The van der Waals surface area contributed by atoms with Gasteiger partial charge in [-0.05, 0) is 127 Å². The zero-order valence-electron chi connectivity index (χ0n) is 30.5. The number of hydrogen-bond donors (Lipinski definition) is 2. The monoisotopic (exact) mass is 658 g/mol. The second-order valence-corrected chi connectivity index (χ2v) is 18.0. The first kappa shape index (κ1) is 32.7. The number of nitrogens with one attached hydrogen (secondary N) is 2. The number of benzene rings is 1. The van der Waals surface area contributed by atoms with Crippen LogP contribution in [-0.2, 0) is 16.6 Å². The Hall–Kier alpha value is -3.54. The van der Waals surface area contributed by atoms with Gasteiger partial charge in [0.15, 0.2) is 0 Å². The fourth-order valence-electron chi connectivity index (χ4n) is 12.9. The van der Waals surface area contributed by atoms with Crippen LogP contribution in [0.3, 0.4) is 0 Å². The second-order valence-electron chi connectivity index (χ2n) is 18.0. The zero-order chi connectivity index (χ0) is 34.6. The highest BCUT2D eigenvalue weighted by molar-refractivity contribution is 5.95. The number of amides is 2. The normalized spacial score (nSPS) is 38.8. The van der Waals surface area contributed by atoms with E-state index < -0.39 is 5.41 Å². The molecule has 3 fully saturated rings.